The second-order valence-corrected chi connectivity index (χ2v) is 14.1. The van der Waals surface area contributed by atoms with Gasteiger partial charge in [-0.25, -0.2) is 4.57 Å². The zero-order chi connectivity index (χ0) is 34.9. The summed E-state index contributed by atoms with van der Waals surface area (Å²) >= 11 is 0. The van der Waals surface area contributed by atoms with Crippen molar-refractivity contribution >= 4 is 19.8 Å². The quantitative estimate of drug-likeness (QED) is 0.0254. The molecule has 0 spiro atoms. The van der Waals surface area contributed by atoms with Crippen LogP contribution in [0.1, 0.15) is 168 Å². The van der Waals surface area contributed by atoms with Gasteiger partial charge in [0.1, 0.15) is 12.7 Å². The molecular formula is C36H69O10P. The van der Waals surface area contributed by atoms with Crippen molar-refractivity contribution in [1.82, 2.24) is 0 Å². The van der Waals surface area contributed by atoms with Crippen molar-refractivity contribution in [2.24, 2.45) is 0 Å². The second-order valence-electron chi connectivity index (χ2n) is 12.6. The van der Waals surface area contributed by atoms with E-state index < -0.39 is 51.8 Å². The van der Waals surface area contributed by atoms with E-state index in [0.29, 0.717) is 12.8 Å². The first-order valence-corrected chi connectivity index (χ1v) is 20.1. The van der Waals surface area contributed by atoms with Gasteiger partial charge < -0.3 is 24.6 Å². The Morgan fingerprint density at radius 1 is 0.617 bits per heavy atom. The van der Waals surface area contributed by atoms with Gasteiger partial charge in [-0.15, -0.1) is 0 Å². The Labute approximate surface area is 286 Å². The molecule has 3 atom stereocenters. The molecule has 0 fully saturated rings. The van der Waals surface area contributed by atoms with Crippen LogP contribution in [0.5, 0.6) is 0 Å². The standard InChI is InChI=1S/C36H69O10P/c1-3-5-7-9-11-13-15-17-19-21-23-25-27-35(39)43-31-34(32-45-47(41,42)44-30-33(38)29-37)46-36(40)28-26-24-22-20-18-16-14-12-10-8-6-4-2/h12,14,33-34,37-38H,3-11,13,15-32H2,1-2H3,(H,41,42)/b14-12+/t33-,34+/m0/s1. The number of phosphoric acid groups is 1. The number of rotatable bonds is 35. The van der Waals surface area contributed by atoms with Crippen molar-refractivity contribution in [1.29, 1.82) is 0 Å². The first-order valence-electron chi connectivity index (χ1n) is 18.6. The lowest BCUT2D eigenvalue weighted by atomic mass is 10.0. The first kappa shape index (κ1) is 45.7. The fourth-order valence-corrected chi connectivity index (χ4v) is 5.78. The summed E-state index contributed by atoms with van der Waals surface area (Å²) in [7, 11) is -4.60. The van der Waals surface area contributed by atoms with E-state index in [1.807, 2.05) is 0 Å². The number of aliphatic hydroxyl groups is 2. The van der Waals surface area contributed by atoms with E-state index in [9.17, 15) is 24.2 Å². The fraction of sp³-hybridized carbons (Fsp3) is 0.889. The molecule has 0 aliphatic rings. The van der Waals surface area contributed by atoms with Crippen molar-refractivity contribution < 1.29 is 47.8 Å². The maximum atomic E-state index is 12.5. The monoisotopic (exact) mass is 692 g/mol. The summed E-state index contributed by atoms with van der Waals surface area (Å²) in [6.45, 7) is 2.33. The molecule has 1 unspecified atom stereocenters. The zero-order valence-electron chi connectivity index (χ0n) is 29.8. The number of aliphatic hydroxyl groups excluding tert-OH is 2. The van der Waals surface area contributed by atoms with Gasteiger partial charge in [-0.3, -0.25) is 18.6 Å². The van der Waals surface area contributed by atoms with Crippen molar-refractivity contribution in [3.63, 3.8) is 0 Å². The van der Waals surface area contributed by atoms with Crippen LogP contribution < -0.4 is 0 Å². The smallest absolute Gasteiger partial charge is 0.462 e. The van der Waals surface area contributed by atoms with Crippen LogP contribution in [-0.2, 0) is 32.7 Å². The molecule has 0 rings (SSSR count). The Bertz CT molecular complexity index is 807. The molecule has 0 heterocycles. The van der Waals surface area contributed by atoms with E-state index in [-0.39, 0.29) is 19.4 Å². The lowest BCUT2D eigenvalue weighted by molar-refractivity contribution is -0.161. The molecule has 0 bridgehead atoms. The van der Waals surface area contributed by atoms with E-state index in [1.165, 1.54) is 70.6 Å². The SMILES string of the molecule is CCCCC/C=C/CCCCCCCC(=O)O[C@H](COC(=O)CCCCCCCCCCCCCC)COP(=O)(O)OC[C@@H](O)CO. The molecule has 0 aromatic carbocycles. The minimum atomic E-state index is -4.60. The molecule has 0 aromatic heterocycles. The summed E-state index contributed by atoms with van der Waals surface area (Å²) in [5, 5.41) is 18.2. The van der Waals surface area contributed by atoms with E-state index in [1.54, 1.807) is 0 Å². The second kappa shape index (κ2) is 33.2. The van der Waals surface area contributed by atoms with Gasteiger partial charge in [0.15, 0.2) is 6.10 Å². The number of esters is 2. The average molecular weight is 693 g/mol. The number of carbonyl (C=O) groups is 2. The Kier molecular flexibility index (Phi) is 32.3. The molecule has 0 aromatic rings. The van der Waals surface area contributed by atoms with Gasteiger partial charge in [0.2, 0.25) is 0 Å². The summed E-state index contributed by atoms with van der Waals surface area (Å²) in [4.78, 5) is 34.7. The van der Waals surface area contributed by atoms with E-state index in [0.717, 1.165) is 57.8 Å². The zero-order valence-corrected chi connectivity index (χ0v) is 30.6. The van der Waals surface area contributed by atoms with Crippen LogP contribution in [-0.4, -0.2) is 65.7 Å². The number of hydrogen-bond acceptors (Lipinski definition) is 9. The largest absolute Gasteiger partial charge is 0.472 e. The third-order valence-corrected chi connectivity index (χ3v) is 8.87. The van der Waals surface area contributed by atoms with E-state index in [2.05, 4.69) is 30.5 Å². The Morgan fingerprint density at radius 2 is 1.04 bits per heavy atom. The van der Waals surface area contributed by atoms with Crippen molar-refractivity contribution in [3.05, 3.63) is 12.2 Å². The number of allylic oxidation sites excluding steroid dienone is 2. The van der Waals surface area contributed by atoms with Crippen LogP contribution in [0.15, 0.2) is 12.2 Å². The highest BCUT2D eigenvalue weighted by Gasteiger charge is 2.27. The number of phosphoric ester groups is 1. The summed E-state index contributed by atoms with van der Waals surface area (Å²) in [5.74, 6) is -0.932. The summed E-state index contributed by atoms with van der Waals surface area (Å²) < 4.78 is 32.5. The maximum Gasteiger partial charge on any atom is 0.472 e. The minimum absolute atomic E-state index is 0.177. The van der Waals surface area contributed by atoms with Crippen LogP contribution in [0.2, 0.25) is 0 Å². The highest BCUT2D eigenvalue weighted by atomic mass is 31.2. The van der Waals surface area contributed by atoms with E-state index >= 15 is 0 Å². The first-order chi connectivity index (χ1) is 22.7. The lowest BCUT2D eigenvalue weighted by Crippen LogP contribution is -2.29. The molecule has 10 nitrogen and oxygen atoms in total. The molecule has 0 aliphatic heterocycles. The van der Waals surface area contributed by atoms with Gasteiger partial charge in [0.25, 0.3) is 0 Å². The Balaban J connectivity index is 4.39. The molecule has 0 saturated carbocycles. The summed E-state index contributed by atoms with van der Waals surface area (Å²) in [6.07, 6.45) is 27.5. The van der Waals surface area contributed by atoms with Crippen LogP contribution in [0.4, 0.5) is 0 Å². The fourth-order valence-electron chi connectivity index (χ4n) is 4.99. The van der Waals surface area contributed by atoms with Crippen LogP contribution in [0.25, 0.3) is 0 Å². The van der Waals surface area contributed by atoms with Gasteiger partial charge >= 0.3 is 19.8 Å². The number of carbonyl (C=O) groups excluding carboxylic acids is 2. The average Bonchev–Trinajstić information content (AvgIpc) is 3.05. The van der Waals surface area contributed by atoms with Crippen LogP contribution in [0, 0.1) is 0 Å². The van der Waals surface area contributed by atoms with Gasteiger partial charge in [-0.1, -0.05) is 129 Å². The van der Waals surface area contributed by atoms with Crippen LogP contribution in [0.3, 0.4) is 0 Å². The van der Waals surface area contributed by atoms with E-state index in [4.69, 9.17) is 19.1 Å². The van der Waals surface area contributed by atoms with Crippen molar-refractivity contribution in [2.75, 3.05) is 26.4 Å². The third kappa shape index (κ3) is 33.0. The van der Waals surface area contributed by atoms with Gasteiger partial charge in [-0.2, -0.15) is 0 Å². The van der Waals surface area contributed by atoms with Crippen molar-refractivity contribution in [3.8, 4) is 0 Å². The molecule has 0 radical (unpaired) electrons. The van der Waals surface area contributed by atoms with Gasteiger partial charge in [0.05, 0.1) is 19.8 Å². The molecule has 11 heteroatoms. The molecule has 0 amide bonds. The predicted molar refractivity (Wildman–Crippen MR) is 187 cm³/mol. The topological polar surface area (TPSA) is 149 Å². The molecule has 3 N–H and O–H groups in total. The normalized spacial score (nSPS) is 14.2. The van der Waals surface area contributed by atoms with Crippen molar-refractivity contribution in [2.45, 2.75) is 180 Å². The summed E-state index contributed by atoms with van der Waals surface area (Å²) in [5.41, 5.74) is 0. The Morgan fingerprint density at radius 3 is 1.57 bits per heavy atom. The number of hydrogen-bond donors (Lipinski definition) is 3. The predicted octanol–water partition coefficient (Wildman–Crippen LogP) is 8.89. The molecule has 0 saturated heterocycles. The number of unbranched alkanes of at least 4 members (excludes halogenated alkanes) is 19. The number of ether oxygens (including phenoxy) is 2. The third-order valence-electron chi connectivity index (χ3n) is 7.92. The minimum Gasteiger partial charge on any atom is -0.462 e. The molecule has 0 aliphatic carbocycles. The molecule has 278 valence electrons. The molecular weight excluding hydrogens is 623 g/mol. The van der Waals surface area contributed by atoms with Gasteiger partial charge in [-0.05, 0) is 38.5 Å². The molecule has 47 heavy (non-hydrogen) atoms. The Hall–Kier alpha value is -1.29. The highest BCUT2D eigenvalue weighted by molar-refractivity contribution is 7.47. The maximum absolute atomic E-state index is 12.5. The van der Waals surface area contributed by atoms with Crippen LogP contribution >= 0.6 is 7.82 Å². The highest BCUT2D eigenvalue weighted by Crippen LogP contribution is 2.43. The lowest BCUT2D eigenvalue weighted by Gasteiger charge is -2.20. The van der Waals surface area contributed by atoms with Gasteiger partial charge in [0, 0.05) is 12.8 Å². The summed E-state index contributed by atoms with van der Waals surface area (Å²) in [6, 6.07) is 0.